The minimum absolute atomic E-state index is 0.186. The number of nitrogens with zero attached hydrogens (tertiary/aromatic N) is 2. The summed E-state index contributed by atoms with van der Waals surface area (Å²) < 4.78 is 10.9. The molecule has 20 heavy (non-hydrogen) atoms. The lowest BCUT2D eigenvalue weighted by atomic mass is 10.0. The molecule has 1 fully saturated rings. The van der Waals surface area contributed by atoms with Gasteiger partial charge in [0.15, 0.2) is 0 Å². The quantitative estimate of drug-likeness (QED) is 0.925. The highest BCUT2D eigenvalue weighted by Gasteiger charge is 2.36. The molecule has 1 aliphatic heterocycles. The molecule has 2 aromatic rings. The lowest BCUT2D eigenvalue weighted by Crippen LogP contribution is -2.21. The summed E-state index contributed by atoms with van der Waals surface area (Å²) in [5, 5.41) is 13.0. The van der Waals surface area contributed by atoms with Crippen LogP contribution < -0.4 is 0 Å². The maximum absolute atomic E-state index is 11.0. The van der Waals surface area contributed by atoms with Crippen molar-refractivity contribution in [1.29, 1.82) is 0 Å². The van der Waals surface area contributed by atoms with Gasteiger partial charge >= 0.3 is 5.97 Å². The summed E-state index contributed by atoms with van der Waals surface area (Å²) in [5.41, 5.74) is 0.266. The fourth-order valence-corrected chi connectivity index (χ4v) is 2.30. The van der Waals surface area contributed by atoms with E-state index in [2.05, 4.69) is 10.1 Å². The minimum atomic E-state index is -0.988. The highest BCUT2D eigenvalue weighted by molar-refractivity contribution is 5.88. The van der Waals surface area contributed by atoms with Crippen LogP contribution in [0.2, 0.25) is 0 Å². The van der Waals surface area contributed by atoms with Gasteiger partial charge in [-0.2, -0.15) is 4.98 Å². The second kappa shape index (κ2) is 4.72. The number of rotatable bonds is 3. The average molecular weight is 274 g/mol. The van der Waals surface area contributed by atoms with E-state index in [0.717, 1.165) is 12.8 Å². The SMILES string of the molecule is CC1(c2noc(-c3cccc(C(=O)O)c3)n2)CCCO1. The molecule has 0 aliphatic carbocycles. The largest absolute Gasteiger partial charge is 0.478 e. The van der Waals surface area contributed by atoms with Gasteiger partial charge in [-0.05, 0) is 38.0 Å². The molecule has 1 saturated heterocycles. The molecule has 1 aromatic heterocycles. The second-order valence-electron chi connectivity index (χ2n) is 4.99. The van der Waals surface area contributed by atoms with Gasteiger partial charge in [-0.15, -0.1) is 0 Å². The van der Waals surface area contributed by atoms with Crippen LogP contribution in [0.4, 0.5) is 0 Å². The van der Waals surface area contributed by atoms with Crippen LogP contribution in [-0.2, 0) is 10.3 Å². The van der Waals surface area contributed by atoms with Crippen LogP contribution in [0, 0.1) is 0 Å². The summed E-state index contributed by atoms with van der Waals surface area (Å²) in [4.78, 5) is 15.3. The van der Waals surface area contributed by atoms with Crippen molar-refractivity contribution in [2.24, 2.45) is 0 Å². The van der Waals surface area contributed by atoms with Crippen molar-refractivity contribution < 1.29 is 19.2 Å². The van der Waals surface area contributed by atoms with E-state index in [1.54, 1.807) is 12.1 Å². The number of benzene rings is 1. The molecule has 6 heteroatoms. The van der Waals surface area contributed by atoms with E-state index >= 15 is 0 Å². The smallest absolute Gasteiger partial charge is 0.335 e. The van der Waals surface area contributed by atoms with Gasteiger partial charge in [0.25, 0.3) is 5.89 Å². The molecular weight excluding hydrogens is 260 g/mol. The first kappa shape index (κ1) is 12.8. The number of carboxylic acid groups (broad SMARTS) is 1. The zero-order valence-corrected chi connectivity index (χ0v) is 11.0. The van der Waals surface area contributed by atoms with Gasteiger partial charge in [0.05, 0.1) is 5.56 Å². The van der Waals surface area contributed by atoms with Crippen molar-refractivity contribution in [3.05, 3.63) is 35.7 Å². The van der Waals surface area contributed by atoms with Crippen molar-refractivity contribution >= 4 is 5.97 Å². The Kier molecular flexibility index (Phi) is 3.02. The average Bonchev–Trinajstić information content (AvgIpc) is 3.08. The maximum Gasteiger partial charge on any atom is 0.335 e. The van der Waals surface area contributed by atoms with E-state index in [0.29, 0.717) is 23.9 Å². The Bertz CT molecular complexity index is 644. The van der Waals surface area contributed by atoms with Crippen LogP contribution in [0.15, 0.2) is 28.8 Å². The first-order chi connectivity index (χ1) is 9.58. The van der Waals surface area contributed by atoms with Crippen LogP contribution in [0.1, 0.15) is 35.9 Å². The van der Waals surface area contributed by atoms with Gasteiger partial charge in [0.2, 0.25) is 5.82 Å². The number of aromatic carboxylic acids is 1. The van der Waals surface area contributed by atoms with Crippen LogP contribution in [0.25, 0.3) is 11.5 Å². The Balaban J connectivity index is 1.94. The van der Waals surface area contributed by atoms with Crippen molar-refractivity contribution in [3.63, 3.8) is 0 Å². The monoisotopic (exact) mass is 274 g/mol. The molecule has 0 amide bonds. The zero-order chi connectivity index (χ0) is 14.2. The number of carbonyl (C=O) groups is 1. The fraction of sp³-hybridized carbons (Fsp3) is 0.357. The second-order valence-corrected chi connectivity index (χ2v) is 4.99. The number of ether oxygens (including phenoxy) is 1. The van der Waals surface area contributed by atoms with Crippen LogP contribution in [-0.4, -0.2) is 27.8 Å². The van der Waals surface area contributed by atoms with Crippen molar-refractivity contribution in [2.45, 2.75) is 25.4 Å². The highest BCUT2D eigenvalue weighted by atomic mass is 16.5. The van der Waals surface area contributed by atoms with Crippen LogP contribution in [0.5, 0.6) is 0 Å². The summed E-state index contributed by atoms with van der Waals surface area (Å²) in [6, 6.07) is 6.42. The molecule has 0 saturated carbocycles. The molecule has 0 radical (unpaired) electrons. The normalized spacial score (nSPS) is 22.1. The van der Waals surface area contributed by atoms with E-state index in [9.17, 15) is 4.79 Å². The number of hydrogen-bond donors (Lipinski definition) is 1. The summed E-state index contributed by atoms with van der Waals surface area (Å²) in [6.45, 7) is 2.62. The Morgan fingerprint density at radius 2 is 2.30 bits per heavy atom. The van der Waals surface area contributed by atoms with Gasteiger partial charge in [-0.3, -0.25) is 0 Å². The van der Waals surface area contributed by atoms with Crippen molar-refractivity contribution in [2.75, 3.05) is 6.61 Å². The number of hydrogen-bond acceptors (Lipinski definition) is 5. The van der Waals surface area contributed by atoms with E-state index in [-0.39, 0.29) is 5.56 Å². The fourth-order valence-electron chi connectivity index (χ4n) is 2.30. The van der Waals surface area contributed by atoms with Gasteiger partial charge in [0.1, 0.15) is 5.60 Å². The van der Waals surface area contributed by atoms with Gasteiger partial charge in [-0.1, -0.05) is 11.2 Å². The molecule has 1 unspecified atom stereocenters. The van der Waals surface area contributed by atoms with E-state index in [1.807, 2.05) is 6.92 Å². The molecule has 1 atom stereocenters. The summed E-state index contributed by atoms with van der Waals surface area (Å²) in [5.74, 6) is -0.178. The maximum atomic E-state index is 11.0. The molecule has 1 aliphatic rings. The Labute approximate surface area is 115 Å². The first-order valence-electron chi connectivity index (χ1n) is 6.40. The van der Waals surface area contributed by atoms with E-state index in [1.165, 1.54) is 12.1 Å². The van der Waals surface area contributed by atoms with E-state index in [4.69, 9.17) is 14.4 Å². The van der Waals surface area contributed by atoms with Crippen LogP contribution in [0.3, 0.4) is 0 Å². The number of carboxylic acids is 1. The summed E-state index contributed by atoms with van der Waals surface area (Å²) >= 11 is 0. The van der Waals surface area contributed by atoms with Gasteiger partial charge in [-0.25, -0.2) is 4.79 Å². The minimum Gasteiger partial charge on any atom is -0.478 e. The molecule has 0 bridgehead atoms. The predicted octanol–water partition coefficient (Wildman–Crippen LogP) is 2.46. The molecule has 1 aromatic carbocycles. The van der Waals surface area contributed by atoms with Gasteiger partial charge < -0.3 is 14.4 Å². The molecule has 0 spiro atoms. The standard InChI is InChI=1S/C14H14N2O4/c1-14(6-3-7-19-14)13-15-11(20-16-13)9-4-2-5-10(8-9)12(17)18/h2,4-5,8H,3,6-7H2,1H3,(H,17,18). The third kappa shape index (κ3) is 2.18. The summed E-state index contributed by atoms with van der Waals surface area (Å²) in [6.07, 6.45) is 1.82. The topological polar surface area (TPSA) is 85.5 Å². The number of aromatic nitrogens is 2. The highest BCUT2D eigenvalue weighted by Crippen LogP contribution is 2.34. The molecule has 1 N–H and O–H groups in total. The third-order valence-corrected chi connectivity index (χ3v) is 3.47. The molecule has 104 valence electrons. The molecule has 2 heterocycles. The van der Waals surface area contributed by atoms with E-state index < -0.39 is 11.6 Å². The molecule has 6 nitrogen and oxygen atoms in total. The summed E-state index contributed by atoms with van der Waals surface area (Å²) in [7, 11) is 0. The van der Waals surface area contributed by atoms with Crippen molar-refractivity contribution in [1.82, 2.24) is 10.1 Å². The molecular formula is C14H14N2O4. The zero-order valence-electron chi connectivity index (χ0n) is 11.0. The third-order valence-electron chi connectivity index (χ3n) is 3.47. The Morgan fingerprint density at radius 1 is 1.45 bits per heavy atom. The van der Waals surface area contributed by atoms with Crippen molar-refractivity contribution in [3.8, 4) is 11.5 Å². The Morgan fingerprint density at radius 3 is 3.00 bits per heavy atom. The van der Waals surface area contributed by atoms with Gasteiger partial charge in [0, 0.05) is 12.2 Å². The first-order valence-corrected chi connectivity index (χ1v) is 6.40. The molecule has 3 rings (SSSR count). The lowest BCUT2D eigenvalue weighted by Gasteiger charge is -2.17. The van der Waals surface area contributed by atoms with Crippen LogP contribution >= 0.6 is 0 Å². The predicted molar refractivity (Wildman–Crippen MR) is 69.2 cm³/mol. The lowest BCUT2D eigenvalue weighted by molar-refractivity contribution is 0.00768. The Hall–Kier alpha value is -2.21.